The summed E-state index contributed by atoms with van der Waals surface area (Å²) >= 11 is 0. The molecular weight excluding hydrogens is 419 g/mol. The normalized spacial score (nSPS) is 11.2. The van der Waals surface area contributed by atoms with Gasteiger partial charge in [0.15, 0.2) is 24.7 Å². The Kier molecular flexibility index (Phi) is 9.46. The predicted molar refractivity (Wildman–Crippen MR) is 116 cm³/mol. The van der Waals surface area contributed by atoms with Gasteiger partial charge in [-0.05, 0) is 55.8 Å². The van der Waals surface area contributed by atoms with Gasteiger partial charge in [-0.2, -0.15) is 0 Å². The molecule has 0 radical (unpaired) electrons. The second kappa shape index (κ2) is 12.3. The number of rotatable bonds is 11. The summed E-state index contributed by atoms with van der Waals surface area (Å²) in [6, 6.07) is 9.62. The van der Waals surface area contributed by atoms with Gasteiger partial charge in [0.2, 0.25) is 0 Å². The van der Waals surface area contributed by atoms with Crippen molar-refractivity contribution < 1.29 is 33.0 Å². The van der Waals surface area contributed by atoms with Crippen LogP contribution in [0, 0.1) is 5.82 Å². The molecule has 0 aliphatic heterocycles. The van der Waals surface area contributed by atoms with Crippen molar-refractivity contribution in [3.63, 3.8) is 0 Å². The molecule has 2 aromatic carbocycles. The molecule has 0 bridgehead atoms. The van der Waals surface area contributed by atoms with Gasteiger partial charge >= 0.3 is 5.97 Å². The van der Waals surface area contributed by atoms with E-state index in [-0.39, 0.29) is 35.6 Å². The van der Waals surface area contributed by atoms with Crippen LogP contribution in [-0.4, -0.2) is 44.1 Å². The Morgan fingerprint density at radius 1 is 1.00 bits per heavy atom. The van der Waals surface area contributed by atoms with Gasteiger partial charge in [0, 0.05) is 11.7 Å². The Bertz CT molecular complexity index is 933. The first-order valence-electron chi connectivity index (χ1n) is 10.1. The SMILES string of the molecule is CCCC(C)NC(=O)COC(=O)c1ccc(OCC(=O)Nc2ccc(F)cc2)c(OC)c1. The molecular formula is C23H27FN2O6. The number of anilines is 1. The third-order valence-electron chi connectivity index (χ3n) is 4.35. The summed E-state index contributed by atoms with van der Waals surface area (Å²) < 4.78 is 28.6. The second-order valence-corrected chi connectivity index (χ2v) is 7.04. The van der Waals surface area contributed by atoms with E-state index in [1.54, 1.807) is 0 Å². The Hall–Kier alpha value is -3.62. The molecule has 1 unspecified atom stereocenters. The standard InChI is InChI=1S/C23H27FN2O6/c1-4-5-15(2)25-21(27)14-32-23(29)16-6-11-19(20(12-16)30-3)31-13-22(28)26-18-9-7-17(24)8-10-18/h6-12,15H,4-5,13-14H2,1-3H3,(H,25,27)(H,26,28). The summed E-state index contributed by atoms with van der Waals surface area (Å²) in [7, 11) is 1.39. The lowest BCUT2D eigenvalue weighted by Gasteiger charge is -2.14. The summed E-state index contributed by atoms with van der Waals surface area (Å²) in [6.07, 6.45) is 1.77. The number of nitrogens with one attached hydrogen (secondary N) is 2. The van der Waals surface area contributed by atoms with Crippen LogP contribution in [0.25, 0.3) is 0 Å². The number of methoxy groups -OCH3 is 1. The van der Waals surface area contributed by atoms with Gasteiger partial charge in [0.05, 0.1) is 12.7 Å². The molecule has 0 aliphatic carbocycles. The van der Waals surface area contributed by atoms with Gasteiger partial charge in [-0.3, -0.25) is 9.59 Å². The first kappa shape index (κ1) is 24.6. The van der Waals surface area contributed by atoms with E-state index < -0.39 is 24.3 Å². The number of benzene rings is 2. The average molecular weight is 446 g/mol. The number of ether oxygens (including phenoxy) is 3. The molecule has 2 aromatic rings. The van der Waals surface area contributed by atoms with Crippen LogP contribution >= 0.6 is 0 Å². The highest BCUT2D eigenvalue weighted by atomic mass is 19.1. The van der Waals surface area contributed by atoms with Crippen LogP contribution in [0.1, 0.15) is 37.0 Å². The fourth-order valence-corrected chi connectivity index (χ4v) is 2.82. The summed E-state index contributed by atoms with van der Waals surface area (Å²) in [5, 5.41) is 5.32. The summed E-state index contributed by atoms with van der Waals surface area (Å²) in [4.78, 5) is 36.1. The number of hydrogen-bond acceptors (Lipinski definition) is 6. The van der Waals surface area contributed by atoms with E-state index in [2.05, 4.69) is 10.6 Å². The number of amides is 2. The Morgan fingerprint density at radius 3 is 2.38 bits per heavy atom. The average Bonchev–Trinajstić information content (AvgIpc) is 2.77. The number of esters is 1. The molecule has 2 rings (SSSR count). The smallest absolute Gasteiger partial charge is 0.338 e. The van der Waals surface area contributed by atoms with Crippen LogP contribution in [0.5, 0.6) is 11.5 Å². The Balaban J connectivity index is 1.89. The third-order valence-corrected chi connectivity index (χ3v) is 4.35. The summed E-state index contributed by atoms with van der Waals surface area (Å²) in [6.45, 7) is 3.18. The van der Waals surface area contributed by atoms with Gasteiger partial charge in [-0.1, -0.05) is 13.3 Å². The van der Waals surface area contributed by atoms with Crippen molar-refractivity contribution in [3.8, 4) is 11.5 Å². The fourth-order valence-electron chi connectivity index (χ4n) is 2.82. The Labute approximate surface area is 186 Å². The number of hydrogen-bond donors (Lipinski definition) is 2. The van der Waals surface area contributed by atoms with E-state index in [4.69, 9.17) is 14.2 Å². The molecule has 0 heterocycles. The molecule has 2 amide bonds. The lowest BCUT2D eigenvalue weighted by molar-refractivity contribution is -0.124. The third kappa shape index (κ3) is 7.90. The molecule has 1 atom stereocenters. The van der Waals surface area contributed by atoms with Crippen LogP contribution in [0.2, 0.25) is 0 Å². The van der Waals surface area contributed by atoms with Gasteiger partial charge in [-0.15, -0.1) is 0 Å². The highest BCUT2D eigenvalue weighted by molar-refractivity contribution is 5.93. The van der Waals surface area contributed by atoms with Crippen LogP contribution < -0.4 is 20.1 Å². The maximum Gasteiger partial charge on any atom is 0.338 e. The molecule has 8 nitrogen and oxygen atoms in total. The molecule has 2 N–H and O–H groups in total. The van der Waals surface area contributed by atoms with Crippen LogP contribution in [0.4, 0.5) is 10.1 Å². The molecule has 0 saturated carbocycles. The lowest BCUT2D eigenvalue weighted by Crippen LogP contribution is -2.35. The lowest BCUT2D eigenvalue weighted by atomic mass is 10.2. The molecule has 0 fully saturated rings. The summed E-state index contributed by atoms with van der Waals surface area (Å²) in [5.41, 5.74) is 0.595. The van der Waals surface area contributed by atoms with Crippen molar-refractivity contribution in [1.29, 1.82) is 0 Å². The van der Waals surface area contributed by atoms with Crippen LogP contribution in [0.3, 0.4) is 0 Å². The fraction of sp³-hybridized carbons (Fsp3) is 0.348. The van der Waals surface area contributed by atoms with Crippen molar-refractivity contribution in [1.82, 2.24) is 5.32 Å². The van der Waals surface area contributed by atoms with Gasteiger partial charge in [-0.25, -0.2) is 9.18 Å². The van der Waals surface area contributed by atoms with E-state index in [1.807, 2.05) is 13.8 Å². The van der Waals surface area contributed by atoms with Gasteiger partial charge in [0.1, 0.15) is 5.82 Å². The topological polar surface area (TPSA) is 103 Å². The van der Waals surface area contributed by atoms with Crippen LogP contribution in [0.15, 0.2) is 42.5 Å². The minimum atomic E-state index is -0.692. The molecule has 0 aromatic heterocycles. The monoisotopic (exact) mass is 446 g/mol. The largest absolute Gasteiger partial charge is 0.493 e. The zero-order chi connectivity index (χ0) is 23.5. The van der Waals surface area contributed by atoms with Crippen LogP contribution in [-0.2, 0) is 14.3 Å². The number of halogens is 1. The molecule has 0 spiro atoms. The zero-order valence-corrected chi connectivity index (χ0v) is 18.3. The maximum absolute atomic E-state index is 12.9. The zero-order valence-electron chi connectivity index (χ0n) is 18.3. The predicted octanol–water partition coefficient (Wildman–Crippen LogP) is 3.31. The quantitative estimate of drug-likeness (QED) is 0.514. The number of carbonyl (C=O) groups is 3. The van der Waals surface area contributed by atoms with E-state index in [1.165, 1.54) is 49.6 Å². The molecule has 32 heavy (non-hydrogen) atoms. The van der Waals surface area contributed by atoms with Gasteiger partial charge in [0.25, 0.3) is 11.8 Å². The first-order chi connectivity index (χ1) is 15.3. The first-order valence-corrected chi connectivity index (χ1v) is 10.1. The maximum atomic E-state index is 12.9. The number of carbonyl (C=O) groups excluding carboxylic acids is 3. The van der Waals surface area contributed by atoms with Gasteiger partial charge < -0.3 is 24.8 Å². The van der Waals surface area contributed by atoms with E-state index in [0.717, 1.165) is 12.8 Å². The second-order valence-electron chi connectivity index (χ2n) is 7.04. The van der Waals surface area contributed by atoms with Crippen molar-refractivity contribution in [2.24, 2.45) is 0 Å². The molecule has 9 heteroatoms. The van der Waals surface area contributed by atoms with E-state index >= 15 is 0 Å². The highest BCUT2D eigenvalue weighted by Gasteiger charge is 2.15. The molecule has 0 aliphatic rings. The van der Waals surface area contributed by atoms with Crippen molar-refractivity contribution in [2.45, 2.75) is 32.7 Å². The van der Waals surface area contributed by atoms with Crippen molar-refractivity contribution in [2.75, 3.05) is 25.6 Å². The van der Waals surface area contributed by atoms with E-state index in [0.29, 0.717) is 5.69 Å². The molecule has 0 saturated heterocycles. The highest BCUT2D eigenvalue weighted by Crippen LogP contribution is 2.28. The minimum absolute atomic E-state index is 0.00276. The summed E-state index contributed by atoms with van der Waals surface area (Å²) in [5.74, 6) is -1.47. The molecule has 172 valence electrons. The van der Waals surface area contributed by atoms with Crippen molar-refractivity contribution >= 4 is 23.5 Å². The van der Waals surface area contributed by atoms with Crippen molar-refractivity contribution in [3.05, 3.63) is 53.8 Å². The minimum Gasteiger partial charge on any atom is -0.493 e. The van der Waals surface area contributed by atoms with E-state index in [9.17, 15) is 18.8 Å². The Morgan fingerprint density at radius 2 is 1.72 bits per heavy atom.